The predicted octanol–water partition coefficient (Wildman–Crippen LogP) is 4.66. The zero-order valence-electron chi connectivity index (χ0n) is 16.2. The average Bonchev–Trinajstić information content (AvgIpc) is 2.63. The molecule has 3 aromatic rings. The monoisotopic (exact) mass is 360 g/mol. The second-order valence-electron chi connectivity index (χ2n) is 7.18. The van der Waals surface area contributed by atoms with Crippen molar-refractivity contribution in [1.82, 2.24) is 15.0 Å². The third-order valence-electron chi connectivity index (χ3n) is 4.25. The summed E-state index contributed by atoms with van der Waals surface area (Å²) in [6.07, 6.45) is 5.79. The van der Waals surface area contributed by atoms with Crippen molar-refractivity contribution in [3.05, 3.63) is 76.9 Å². The highest BCUT2D eigenvalue weighted by atomic mass is 16.1. The molecule has 1 N–H and O–H groups in total. The van der Waals surface area contributed by atoms with E-state index in [4.69, 9.17) is 0 Å². The van der Waals surface area contributed by atoms with Gasteiger partial charge in [0.05, 0.1) is 5.56 Å². The molecule has 0 aliphatic rings. The number of hydrogen-bond donors (Lipinski definition) is 1. The topological polar surface area (TPSA) is 67.8 Å². The van der Waals surface area contributed by atoms with Crippen molar-refractivity contribution >= 4 is 17.4 Å². The van der Waals surface area contributed by atoms with Crippen LogP contribution in [0.15, 0.2) is 48.9 Å². The maximum absolute atomic E-state index is 12.5. The van der Waals surface area contributed by atoms with Gasteiger partial charge in [-0.05, 0) is 55.5 Å². The highest BCUT2D eigenvalue weighted by molar-refractivity contribution is 6.08. The molecule has 0 aliphatic carbocycles. The first kappa shape index (κ1) is 18.7. The number of aryl methyl sites for hydroxylation is 2. The number of ketones is 1. The lowest BCUT2D eigenvalue weighted by Crippen LogP contribution is -2.06. The third kappa shape index (κ3) is 4.76. The van der Waals surface area contributed by atoms with E-state index >= 15 is 0 Å². The molecular weight excluding hydrogens is 336 g/mol. The molecule has 0 amide bonds. The zero-order valence-corrected chi connectivity index (χ0v) is 16.2. The molecule has 5 heteroatoms. The Labute approximate surface area is 159 Å². The Balaban J connectivity index is 1.73. The highest BCUT2D eigenvalue weighted by Gasteiger charge is 2.11. The number of nitrogens with zero attached hydrogens (tertiary/aromatic N) is 3. The molecule has 0 aliphatic heterocycles. The van der Waals surface area contributed by atoms with Crippen molar-refractivity contribution in [3.8, 4) is 0 Å². The van der Waals surface area contributed by atoms with E-state index in [9.17, 15) is 4.79 Å². The van der Waals surface area contributed by atoms with Gasteiger partial charge in [0.2, 0.25) is 5.95 Å². The van der Waals surface area contributed by atoms with Crippen molar-refractivity contribution in [2.45, 2.75) is 34.1 Å². The maximum Gasteiger partial charge on any atom is 0.227 e. The summed E-state index contributed by atoms with van der Waals surface area (Å²) in [5.74, 6) is 0.985. The normalized spacial score (nSPS) is 10.9. The van der Waals surface area contributed by atoms with Crippen LogP contribution < -0.4 is 5.32 Å². The first-order valence-corrected chi connectivity index (χ1v) is 9.08. The number of carbonyl (C=O) groups excluding carboxylic acids is 1. The Hall–Kier alpha value is -3.08. The molecule has 0 saturated carbocycles. The number of nitrogens with one attached hydrogen (secondary N) is 1. The Kier molecular flexibility index (Phi) is 5.60. The van der Waals surface area contributed by atoms with Gasteiger partial charge in [0.15, 0.2) is 5.78 Å². The van der Waals surface area contributed by atoms with E-state index in [0.717, 1.165) is 23.4 Å². The largest absolute Gasteiger partial charge is 0.324 e. The van der Waals surface area contributed by atoms with Crippen LogP contribution in [0, 0.1) is 19.8 Å². The Bertz CT molecular complexity index is 949. The van der Waals surface area contributed by atoms with Gasteiger partial charge in [0.25, 0.3) is 0 Å². The van der Waals surface area contributed by atoms with Crippen LogP contribution in [-0.4, -0.2) is 20.7 Å². The van der Waals surface area contributed by atoms with Gasteiger partial charge in [-0.15, -0.1) is 0 Å². The molecule has 0 fully saturated rings. The standard InChI is InChI=1S/C22H24N4O/c1-14(2)9-17-5-6-20(15(3)10-17)26-22-24-12-19(13-25-22)21(27)18-7-8-23-16(4)11-18/h5-8,10-14H,9H2,1-4H3,(H,24,25,26). The molecule has 0 bridgehead atoms. The summed E-state index contributed by atoms with van der Waals surface area (Å²) >= 11 is 0. The van der Waals surface area contributed by atoms with Gasteiger partial charge < -0.3 is 5.32 Å². The third-order valence-corrected chi connectivity index (χ3v) is 4.25. The first-order chi connectivity index (χ1) is 12.9. The molecule has 138 valence electrons. The SMILES string of the molecule is Cc1cc(C(=O)c2cnc(Nc3ccc(CC(C)C)cc3C)nc2)ccn1. The molecule has 1 aromatic carbocycles. The van der Waals surface area contributed by atoms with Crippen LogP contribution in [0.2, 0.25) is 0 Å². The van der Waals surface area contributed by atoms with Crippen molar-refractivity contribution in [3.63, 3.8) is 0 Å². The minimum Gasteiger partial charge on any atom is -0.324 e. The molecule has 5 nitrogen and oxygen atoms in total. The molecule has 0 radical (unpaired) electrons. The van der Waals surface area contributed by atoms with Gasteiger partial charge >= 0.3 is 0 Å². The Morgan fingerprint density at radius 1 is 1.00 bits per heavy atom. The van der Waals surface area contributed by atoms with Crippen LogP contribution in [0.25, 0.3) is 0 Å². The van der Waals surface area contributed by atoms with Crippen molar-refractivity contribution in [1.29, 1.82) is 0 Å². The first-order valence-electron chi connectivity index (χ1n) is 9.08. The molecule has 0 saturated heterocycles. The zero-order chi connectivity index (χ0) is 19.4. The second-order valence-corrected chi connectivity index (χ2v) is 7.18. The summed E-state index contributed by atoms with van der Waals surface area (Å²) < 4.78 is 0. The quantitative estimate of drug-likeness (QED) is 0.648. The van der Waals surface area contributed by atoms with E-state index in [1.807, 2.05) is 6.92 Å². The van der Waals surface area contributed by atoms with Crippen LogP contribution in [0.4, 0.5) is 11.6 Å². The van der Waals surface area contributed by atoms with Crippen LogP contribution in [0.1, 0.15) is 46.6 Å². The molecular formula is C22H24N4O. The molecule has 0 spiro atoms. The highest BCUT2D eigenvalue weighted by Crippen LogP contribution is 2.21. The minimum absolute atomic E-state index is 0.110. The summed E-state index contributed by atoms with van der Waals surface area (Å²) in [7, 11) is 0. The summed E-state index contributed by atoms with van der Waals surface area (Å²) in [4.78, 5) is 25.2. The fraction of sp³-hybridized carbons (Fsp3) is 0.273. The number of benzene rings is 1. The van der Waals surface area contributed by atoms with E-state index in [-0.39, 0.29) is 5.78 Å². The van der Waals surface area contributed by atoms with E-state index < -0.39 is 0 Å². The summed E-state index contributed by atoms with van der Waals surface area (Å²) in [5, 5.41) is 3.22. The molecule has 0 unspecified atom stereocenters. The number of rotatable bonds is 6. The van der Waals surface area contributed by atoms with Crippen molar-refractivity contribution in [2.75, 3.05) is 5.32 Å². The molecule has 27 heavy (non-hydrogen) atoms. The average molecular weight is 360 g/mol. The van der Waals surface area contributed by atoms with Gasteiger partial charge in [-0.2, -0.15) is 0 Å². The minimum atomic E-state index is -0.110. The van der Waals surface area contributed by atoms with E-state index in [0.29, 0.717) is 23.0 Å². The summed E-state index contributed by atoms with van der Waals surface area (Å²) in [5.41, 5.74) is 5.27. The molecule has 0 atom stereocenters. The van der Waals surface area contributed by atoms with Crippen molar-refractivity contribution in [2.24, 2.45) is 5.92 Å². The van der Waals surface area contributed by atoms with Gasteiger partial charge in [-0.1, -0.05) is 26.0 Å². The fourth-order valence-corrected chi connectivity index (χ4v) is 2.95. The van der Waals surface area contributed by atoms with Gasteiger partial charge in [-0.3, -0.25) is 9.78 Å². The lowest BCUT2D eigenvalue weighted by Gasteiger charge is -2.11. The lowest BCUT2D eigenvalue weighted by molar-refractivity contribution is 0.103. The fourth-order valence-electron chi connectivity index (χ4n) is 2.95. The smallest absolute Gasteiger partial charge is 0.227 e. The lowest BCUT2D eigenvalue weighted by atomic mass is 10.0. The van der Waals surface area contributed by atoms with Crippen LogP contribution in [0.5, 0.6) is 0 Å². The number of aromatic nitrogens is 3. The van der Waals surface area contributed by atoms with E-state index in [1.54, 1.807) is 30.7 Å². The number of anilines is 2. The van der Waals surface area contributed by atoms with Gasteiger partial charge in [0.1, 0.15) is 0 Å². The Morgan fingerprint density at radius 3 is 2.37 bits per heavy atom. The molecule has 2 heterocycles. The van der Waals surface area contributed by atoms with Crippen LogP contribution in [-0.2, 0) is 6.42 Å². The molecule has 3 rings (SSSR count). The van der Waals surface area contributed by atoms with Gasteiger partial charge in [-0.25, -0.2) is 9.97 Å². The summed E-state index contributed by atoms with van der Waals surface area (Å²) in [6, 6.07) is 9.82. The maximum atomic E-state index is 12.5. The molecule has 2 aromatic heterocycles. The second kappa shape index (κ2) is 8.08. The van der Waals surface area contributed by atoms with Crippen LogP contribution >= 0.6 is 0 Å². The predicted molar refractivity (Wildman–Crippen MR) is 107 cm³/mol. The van der Waals surface area contributed by atoms with Crippen molar-refractivity contribution < 1.29 is 4.79 Å². The van der Waals surface area contributed by atoms with E-state index in [1.165, 1.54) is 5.56 Å². The summed E-state index contributed by atoms with van der Waals surface area (Å²) in [6.45, 7) is 8.35. The van der Waals surface area contributed by atoms with Gasteiger partial charge in [0, 0.05) is 35.5 Å². The number of carbonyl (C=O) groups is 1. The van der Waals surface area contributed by atoms with E-state index in [2.05, 4.69) is 59.2 Å². The number of pyridine rings is 1. The number of hydrogen-bond acceptors (Lipinski definition) is 5. The van der Waals surface area contributed by atoms with Crippen LogP contribution in [0.3, 0.4) is 0 Å². The Morgan fingerprint density at radius 2 is 1.74 bits per heavy atom.